The van der Waals surface area contributed by atoms with E-state index >= 15 is 0 Å². The monoisotopic (exact) mass is 275 g/mol. The molecule has 0 aliphatic rings. The van der Waals surface area contributed by atoms with E-state index < -0.39 is 0 Å². The molecule has 0 saturated carbocycles. The van der Waals surface area contributed by atoms with Crippen molar-refractivity contribution >= 4 is 22.7 Å². The summed E-state index contributed by atoms with van der Waals surface area (Å²) in [7, 11) is 2.04. The van der Waals surface area contributed by atoms with E-state index in [1.165, 1.54) is 0 Å². The van der Waals surface area contributed by atoms with E-state index in [-0.39, 0.29) is 0 Å². The lowest BCUT2D eigenvalue weighted by Gasteiger charge is -1.97. The number of rotatable bonds is 3. The minimum absolute atomic E-state index is 0.833. The number of thiazole rings is 2. The Morgan fingerprint density at radius 1 is 1.22 bits per heavy atom. The highest BCUT2D eigenvalue weighted by atomic mass is 32.1. The van der Waals surface area contributed by atoms with Crippen molar-refractivity contribution < 1.29 is 0 Å². The standard InChI is InChI=1S/C13H13N3S2/c1-9-14-10(7-17-9)6-13-15-11(8-18-13)12-4-3-5-16(12)2/h3-5,7-8H,6H2,1-2H3. The topological polar surface area (TPSA) is 30.7 Å². The Bertz CT molecular complexity index is 663. The molecule has 0 fully saturated rings. The molecule has 0 aliphatic heterocycles. The third-order valence-corrected chi connectivity index (χ3v) is 4.43. The van der Waals surface area contributed by atoms with E-state index in [9.17, 15) is 0 Å². The molecule has 5 heteroatoms. The van der Waals surface area contributed by atoms with Crippen LogP contribution in [0.15, 0.2) is 29.1 Å². The highest BCUT2D eigenvalue weighted by molar-refractivity contribution is 7.10. The molecule has 0 atom stereocenters. The summed E-state index contributed by atoms with van der Waals surface area (Å²) in [5.41, 5.74) is 3.33. The molecule has 3 heterocycles. The van der Waals surface area contributed by atoms with Crippen molar-refractivity contribution in [2.24, 2.45) is 7.05 Å². The summed E-state index contributed by atoms with van der Waals surface area (Å²) in [6, 6.07) is 4.13. The molecule has 92 valence electrons. The first kappa shape index (κ1) is 11.6. The first-order valence-corrected chi connectivity index (χ1v) is 7.45. The second-order valence-corrected chi connectivity index (χ2v) is 6.17. The molecule has 0 amide bonds. The van der Waals surface area contributed by atoms with Gasteiger partial charge < -0.3 is 4.57 Å². The van der Waals surface area contributed by atoms with Crippen molar-refractivity contribution in [3.63, 3.8) is 0 Å². The molecule has 0 unspecified atom stereocenters. The number of hydrogen-bond donors (Lipinski definition) is 0. The van der Waals surface area contributed by atoms with Gasteiger partial charge in [-0.05, 0) is 19.1 Å². The zero-order valence-corrected chi connectivity index (χ0v) is 11.9. The molecule has 3 nitrogen and oxygen atoms in total. The lowest BCUT2D eigenvalue weighted by Crippen LogP contribution is -1.91. The summed E-state index contributed by atoms with van der Waals surface area (Å²) in [5.74, 6) is 0. The van der Waals surface area contributed by atoms with Crippen LogP contribution in [0.1, 0.15) is 15.7 Å². The molecule has 0 bridgehead atoms. The smallest absolute Gasteiger partial charge is 0.0993 e. The van der Waals surface area contributed by atoms with Gasteiger partial charge in [-0.1, -0.05) is 0 Å². The van der Waals surface area contributed by atoms with Crippen molar-refractivity contribution in [3.8, 4) is 11.4 Å². The van der Waals surface area contributed by atoms with Crippen LogP contribution < -0.4 is 0 Å². The minimum Gasteiger partial charge on any atom is -0.349 e. The molecule has 3 rings (SSSR count). The number of nitrogens with zero attached hydrogens (tertiary/aromatic N) is 3. The molecule has 0 N–H and O–H groups in total. The van der Waals surface area contributed by atoms with E-state index in [1.54, 1.807) is 22.7 Å². The summed E-state index contributed by atoms with van der Waals surface area (Å²) in [6.45, 7) is 2.03. The fourth-order valence-corrected chi connectivity index (χ4v) is 3.30. The molecule has 3 aromatic heterocycles. The van der Waals surface area contributed by atoms with Crippen molar-refractivity contribution in [1.29, 1.82) is 0 Å². The van der Waals surface area contributed by atoms with Crippen LogP contribution in [-0.4, -0.2) is 14.5 Å². The molecule has 3 aromatic rings. The zero-order chi connectivity index (χ0) is 12.5. The van der Waals surface area contributed by atoms with Crippen molar-refractivity contribution in [2.75, 3.05) is 0 Å². The normalized spacial score (nSPS) is 11.0. The maximum Gasteiger partial charge on any atom is 0.0993 e. The predicted octanol–water partition coefficient (Wildman–Crippen LogP) is 3.50. The zero-order valence-electron chi connectivity index (χ0n) is 10.3. The number of aryl methyl sites for hydroxylation is 2. The third kappa shape index (κ3) is 2.23. The van der Waals surface area contributed by atoms with E-state index in [0.717, 1.165) is 33.5 Å². The third-order valence-electron chi connectivity index (χ3n) is 2.76. The highest BCUT2D eigenvalue weighted by Gasteiger charge is 2.08. The summed E-state index contributed by atoms with van der Waals surface area (Å²) in [5, 5.41) is 6.46. The van der Waals surface area contributed by atoms with Gasteiger partial charge in [0.25, 0.3) is 0 Å². The molecule has 0 spiro atoms. The number of aromatic nitrogens is 3. The Balaban J connectivity index is 1.84. The van der Waals surface area contributed by atoms with Crippen molar-refractivity contribution in [1.82, 2.24) is 14.5 Å². The second kappa shape index (κ2) is 4.66. The van der Waals surface area contributed by atoms with Gasteiger partial charge in [0.15, 0.2) is 0 Å². The highest BCUT2D eigenvalue weighted by Crippen LogP contribution is 2.23. The van der Waals surface area contributed by atoms with Crippen LogP contribution >= 0.6 is 22.7 Å². The van der Waals surface area contributed by atoms with Gasteiger partial charge in [0.2, 0.25) is 0 Å². The average Bonchev–Trinajstić information content (AvgIpc) is 3.02. The van der Waals surface area contributed by atoms with Gasteiger partial charge in [0.05, 0.1) is 27.1 Å². The Morgan fingerprint density at radius 3 is 2.78 bits per heavy atom. The van der Waals surface area contributed by atoms with Crippen LogP contribution in [0.5, 0.6) is 0 Å². The van der Waals surface area contributed by atoms with Gasteiger partial charge in [0, 0.05) is 30.4 Å². The SMILES string of the molecule is Cc1nc(Cc2nc(-c3cccn3C)cs2)cs1. The Labute approximate surface area is 114 Å². The van der Waals surface area contributed by atoms with Crippen LogP contribution in [0.25, 0.3) is 11.4 Å². The molecule has 0 aliphatic carbocycles. The summed E-state index contributed by atoms with van der Waals surface area (Å²) >= 11 is 3.39. The summed E-state index contributed by atoms with van der Waals surface area (Å²) in [4.78, 5) is 9.16. The maximum atomic E-state index is 4.68. The van der Waals surface area contributed by atoms with Gasteiger partial charge in [-0.25, -0.2) is 9.97 Å². The van der Waals surface area contributed by atoms with Crippen LogP contribution in [0.2, 0.25) is 0 Å². The minimum atomic E-state index is 0.833. The quantitative estimate of drug-likeness (QED) is 0.732. The second-order valence-electron chi connectivity index (χ2n) is 4.17. The van der Waals surface area contributed by atoms with E-state index in [4.69, 9.17) is 0 Å². The fraction of sp³-hybridized carbons (Fsp3) is 0.231. The lowest BCUT2D eigenvalue weighted by atomic mass is 10.3. The van der Waals surface area contributed by atoms with Gasteiger partial charge in [0.1, 0.15) is 0 Å². The summed E-state index contributed by atoms with van der Waals surface area (Å²) < 4.78 is 2.09. The molecule has 0 aromatic carbocycles. The molecule has 0 saturated heterocycles. The first-order valence-electron chi connectivity index (χ1n) is 5.69. The van der Waals surface area contributed by atoms with Crippen molar-refractivity contribution in [3.05, 3.63) is 44.8 Å². The van der Waals surface area contributed by atoms with Crippen molar-refractivity contribution in [2.45, 2.75) is 13.3 Å². The first-order chi connectivity index (χ1) is 8.72. The molecule has 0 radical (unpaired) electrons. The number of hydrogen-bond acceptors (Lipinski definition) is 4. The van der Waals surface area contributed by atoms with E-state index in [2.05, 4.69) is 31.4 Å². The largest absolute Gasteiger partial charge is 0.349 e. The van der Waals surface area contributed by atoms with Gasteiger partial charge >= 0.3 is 0 Å². The summed E-state index contributed by atoms with van der Waals surface area (Å²) in [6.07, 6.45) is 2.87. The van der Waals surface area contributed by atoms with Gasteiger partial charge in [-0.2, -0.15) is 0 Å². The average molecular weight is 275 g/mol. The maximum absolute atomic E-state index is 4.68. The molecular weight excluding hydrogens is 262 g/mol. The van der Waals surface area contributed by atoms with Gasteiger partial charge in [-0.15, -0.1) is 22.7 Å². The van der Waals surface area contributed by atoms with E-state index in [0.29, 0.717) is 0 Å². The Morgan fingerprint density at radius 2 is 2.11 bits per heavy atom. The molecular formula is C13H13N3S2. The lowest BCUT2D eigenvalue weighted by molar-refractivity contribution is 0.930. The predicted molar refractivity (Wildman–Crippen MR) is 76.2 cm³/mol. The molecule has 18 heavy (non-hydrogen) atoms. The van der Waals surface area contributed by atoms with Crippen LogP contribution in [0.3, 0.4) is 0 Å². The Hall–Kier alpha value is -1.46. The Kier molecular flexibility index (Phi) is 3.01. The van der Waals surface area contributed by atoms with E-state index in [1.807, 2.05) is 26.2 Å². The fourth-order valence-electron chi connectivity index (χ4n) is 1.88. The van der Waals surface area contributed by atoms with Gasteiger partial charge in [-0.3, -0.25) is 0 Å². The van der Waals surface area contributed by atoms with Crippen LogP contribution in [-0.2, 0) is 13.5 Å². The van der Waals surface area contributed by atoms with Crippen LogP contribution in [0.4, 0.5) is 0 Å². The van der Waals surface area contributed by atoms with Crippen LogP contribution in [0, 0.1) is 6.92 Å².